The molecule has 0 fully saturated rings. The van der Waals surface area contributed by atoms with Crippen LogP contribution in [0.4, 0.5) is 0 Å². The summed E-state index contributed by atoms with van der Waals surface area (Å²) in [6, 6.07) is 0. The minimum Gasteiger partial charge on any atom is -0.412 e. The molecule has 0 amide bonds. The van der Waals surface area contributed by atoms with Gasteiger partial charge >= 0.3 is 0 Å². The van der Waals surface area contributed by atoms with Crippen molar-refractivity contribution in [3.63, 3.8) is 0 Å². The molecule has 0 aliphatic rings. The second kappa shape index (κ2) is 9.06. The van der Waals surface area contributed by atoms with Crippen molar-refractivity contribution in [2.45, 2.75) is 0 Å². The third kappa shape index (κ3) is 279. The first kappa shape index (κ1) is 16.1. The third-order valence-corrected chi connectivity index (χ3v) is 0. The monoisotopic (exact) mass is 244 g/mol. The number of rotatable bonds is 0. The van der Waals surface area contributed by atoms with Gasteiger partial charge in [0.1, 0.15) is 0 Å². The van der Waals surface area contributed by atoms with Crippen LogP contribution in [0.2, 0.25) is 0 Å². The van der Waals surface area contributed by atoms with Crippen LogP contribution in [0.25, 0.3) is 0 Å². The first-order valence-corrected chi connectivity index (χ1v) is 0.548. The summed E-state index contributed by atoms with van der Waals surface area (Å²) in [4.78, 5) is 8.25. The van der Waals surface area contributed by atoms with Gasteiger partial charge in [-0.25, -0.2) is 0 Å². The Kier molecular flexibility index (Phi) is 24.3. The van der Waals surface area contributed by atoms with Crippen LogP contribution in [0.1, 0.15) is 0 Å². The molecule has 0 aliphatic heterocycles. The molecule has 6 heteroatoms. The maximum absolute atomic E-state index is 8.25. The first-order valence-electron chi connectivity index (χ1n) is 0.548. The van der Waals surface area contributed by atoms with Gasteiger partial charge in [0.05, 0.1) is 5.09 Å². The summed E-state index contributed by atoms with van der Waals surface area (Å²) in [7, 11) is 0. The van der Waals surface area contributed by atoms with Crippen molar-refractivity contribution < 1.29 is 48.7 Å². The molecule has 0 saturated carbocycles. The third-order valence-electron chi connectivity index (χ3n) is 0. The standard InChI is InChI=1S/Dy.NO3.H2O/c;2-1(3)4;/h;;1H2/q;-1;. The SMILES string of the molecule is O.O=[N+]([O-])[O-].[Dy]. The summed E-state index contributed by atoms with van der Waals surface area (Å²) in [6.45, 7) is 0. The van der Waals surface area contributed by atoms with E-state index in [4.69, 9.17) is 15.3 Å². The van der Waals surface area contributed by atoms with E-state index in [0.717, 1.165) is 0 Å². The Morgan fingerprint density at radius 2 is 1.33 bits per heavy atom. The summed E-state index contributed by atoms with van der Waals surface area (Å²) in [5.41, 5.74) is 0. The normalized spacial score (nSPS) is 4.00. The van der Waals surface area contributed by atoms with E-state index < -0.39 is 5.09 Å². The smallest absolute Gasteiger partial charge is 0.0689 e. The molecule has 0 aromatic heterocycles. The fourth-order valence-corrected chi connectivity index (χ4v) is 0. The Hall–Kier alpha value is 0.433. The van der Waals surface area contributed by atoms with E-state index in [2.05, 4.69) is 0 Å². The van der Waals surface area contributed by atoms with E-state index in [9.17, 15) is 0 Å². The van der Waals surface area contributed by atoms with Crippen molar-refractivity contribution in [1.82, 2.24) is 0 Å². The van der Waals surface area contributed by atoms with Gasteiger partial charge in [-0.3, -0.25) is 0 Å². The van der Waals surface area contributed by atoms with Crippen molar-refractivity contribution >= 4 is 0 Å². The van der Waals surface area contributed by atoms with Crippen LogP contribution in [0, 0.1) is 53.5 Å². The van der Waals surface area contributed by atoms with Crippen LogP contribution in [0.5, 0.6) is 0 Å². The molecule has 0 aliphatic carbocycles. The van der Waals surface area contributed by atoms with E-state index in [-0.39, 0.29) is 43.6 Å². The maximum Gasteiger partial charge on any atom is 0.0689 e. The summed E-state index contributed by atoms with van der Waals surface area (Å²) in [5.74, 6) is 0. The molecular formula is H2DyNO4-. The number of hydrogen-bond acceptors (Lipinski definition) is 3. The molecule has 0 spiro atoms. The minimum absolute atomic E-state index is 0. The fourth-order valence-electron chi connectivity index (χ4n) is 0. The number of nitrogens with zero attached hydrogens (tertiary/aromatic N) is 1. The molecule has 6 heavy (non-hydrogen) atoms. The average Bonchev–Trinajstić information content (AvgIpc) is 0.811. The van der Waals surface area contributed by atoms with Gasteiger partial charge in [-0.1, -0.05) is 0 Å². The Bertz CT molecular complexity index is 30.5. The molecule has 0 heterocycles. The van der Waals surface area contributed by atoms with Crippen LogP contribution < -0.4 is 0 Å². The zero-order valence-electron chi connectivity index (χ0n) is 2.49. The molecule has 42 valence electrons. The molecule has 0 aromatic carbocycles. The predicted molar refractivity (Wildman–Crippen MR) is 14.0 cm³/mol. The topological polar surface area (TPSA) is 97.7 Å². The quantitative estimate of drug-likeness (QED) is 0.400. The molecule has 0 radical (unpaired) electrons. The molecular weight excluding hydrogens is 241 g/mol. The Balaban J connectivity index is -0.0000000450. The van der Waals surface area contributed by atoms with Gasteiger partial charge in [-0.05, 0) is 0 Å². The zero-order valence-corrected chi connectivity index (χ0v) is 4.52. The van der Waals surface area contributed by atoms with E-state index in [0.29, 0.717) is 0 Å². The summed E-state index contributed by atoms with van der Waals surface area (Å²) >= 11 is 0. The van der Waals surface area contributed by atoms with Gasteiger partial charge in [-0.2, -0.15) is 0 Å². The van der Waals surface area contributed by atoms with Gasteiger partial charge < -0.3 is 20.8 Å². The predicted octanol–water partition coefficient (Wildman–Crippen LogP) is -1.06. The first-order chi connectivity index (χ1) is 1.73. The molecule has 0 unspecified atom stereocenters. The van der Waals surface area contributed by atoms with Crippen LogP contribution in [0.15, 0.2) is 0 Å². The Morgan fingerprint density at radius 1 is 1.33 bits per heavy atom. The van der Waals surface area contributed by atoms with Crippen molar-refractivity contribution in [3.8, 4) is 0 Å². The van der Waals surface area contributed by atoms with Gasteiger partial charge in [0, 0.05) is 38.2 Å². The van der Waals surface area contributed by atoms with Crippen molar-refractivity contribution in [2.75, 3.05) is 0 Å². The fraction of sp³-hybridized carbons (Fsp3) is 0. The van der Waals surface area contributed by atoms with E-state index >= 15 is 0 Å². The second-order valence-electron chi connectivity index (χ2n) is 0.224. The summed E-state index contributed by atoms with van der Waals surface area (Å²) in [6.07, 6.45) is 0. The average molecular weight is 243 g/mol. The van der Waals surface area contributed by atoms with Crippen LogP contribution in [-0.2, 0) is 0 Å². The molecule has 0 bridgehead atoms. The largest absolute Gasteiger partial charge is 0.412 e. The van der Waals surface area contributed by atoms with Gasteiger partial charge in [0.25, 0.3) is 0 Å². The molecule has 0 rings (SSSR count). The van der Waals surface area contributed by atoms with E-state index in [1.54, 1.807) is 0 Å². The van der Waals surface area contributed by atoms with Gasteiger partial charge in [0.2, 0.25) is 0 Å². The van der Waals surface area contributed by atoms with Crippen molar-refractivity contribution in [2.24, 2.45) is 0 Å². The van der Waals surface area contributed by atoms with Crippen molar-refractivity contribution in [3.05, 3.63) is 15.3 Å². The summed E-state index contributed by atoms with van der Waals surface area (Å²) in [5, 5.41) is 14.8. The molecule has 0 saturated heterocycles. The molecule has 5 nitrogen and oxygen atoms in total. The Morgan fingerprint density at radius 3 is 1.33 bits per heavy atom. The van der Waals surface area contributed by atoms with E-state index in [1.165, 1.54) is 0 Å². The molecule has 0 aromatic rings. The maximum atomic E-state index is 8.25. The molecule has 0 atom stereocenters. The number of hydrogen-bond donors (Lipinski definition) is 0. The molecule has 2 N–H and O–H groups in total. The van der Waals surface area contributed by atoms with Crippen molar-refractivity contribution in [1.29, 1.82) is 0 Å². The zero-order chi connectivity index (χ0) is 3.58. The Labute approximate surface area is 63.8 Å². The van der Waals surface area contributed by atoms with Crippen LogP contribution >= 0.6 is 0 Å². The van der Waals surface area contributed by atoms with Gasteiger partial charge in [-0.15, -0.1) is 0 Å². The van der Waals surface area contributed by atoms with E-state index in [1.807, 2.05) is 0 Å². The summed E-state index contributed by atoms with van der Waals surface area (Å²) < 4.78 is 0. The second-order valence-corrected chi connectivity index (χ2v) is 0.224. The minimum atomic E-state index is -1.75. The van der Waals surface area contributed by atoms with Crippen LogP contribution in [-0.4, -0.2) is 10.6 Å². The van der Waals surface area contributed by atoms with Crippen LogP contribution in [0.3, 0.4) is 0 Å². The van der Waals surface area contributed by atoms with Gasteiger partial charge in [0.15, 0.2) is 0 Å².